The summed E-state index contributed by atoms with van der Waals surface area (Å²) >= 11 is 0. The quantitative estimate of drug-likeness (QED) is 0.845. The van der Waals surface area contributed by atoms with Gasteiger partial charge in [-0.1, -0.05) is 6.07 Å². The molecule has 0 aromatic carbocycles. The van der Waals surface area contributed by atoms with Crippen LogP contribution in [0, 0.1) is 17.8 Å². The molecule has 3 unspecified atom stereocenters. The topological polar surface area (TPSA) is 73.5 Å². The number of hydrogen-bond acceptors (Lipinski definition) is 3. The smallest absolute Gasteiger partial charge is 0.327 e. The molecule has 1 N–H and O–H groups in total. The summed E-state index contributed by atoms with van der Waals surface area (Å²) in [5.41, 5.74) is 0.0721. The van der Waals surface area contributed by atoms with Crippen molar-refractivity contribution in [1.82, 2.24) is 14.8 Å². The molecule has 4 rings (SSSR count). The molecule has 24 heavy (non-hydrogen) atoms. The first-order valence-electron chi connectivity index (χ1n) is 8.02. The lowest BCUT2D eigenvalue weighted by Crippen LogP contribution is -2.36. The van der Waals surface area contributed by atoms with Crippen LogP contribution in [0.1, 0.15) is 18.4 Å². The molecule has 2 aliphatic carbocycles. The first-order chi connectivity index (χ1) is 11.4. The summed E-state index contributed by atoms with van der Waals surface area (Å²) in [6, 6.07) is 2.73. The van der Waals surface area contributed by atoms with Gasteiger partial charge in [-0.2, -0.15) is 0 Å². The first-order valence-corrected chi connectivity index (χ1v) is 8.02. The third-order valence-electron chi connectivity index (χ3n) is 5.41. The van der Waals surface area contributed by atoms with Gasteiger partial charge in [0.25, 0.3) is 11.5 Å². The molecule has 1 aromatic heterocycles. The Morgan fingerprint density at radius 1 is 1.29 bits per heavy atom. The molecule has 8 heteroatoms. The SMILES string of the molecule is O=C1CN(Cc2ccc[nH]c2=O)C(=O)N1CC1C2CCC(F)(F)C21. The number of H-pyrrole nitrogens is 1. The van der Waals surface area contributed by atoms with Gasteiger partial charge in [0.2, 0.25) is 5.91 Å². The van der Waals surface area contributed by atoms with Gasteiger partial charge < -0.3 is 9.88 Å². The third kappa shape index (κ3) is 2.32. The molecule has 3 fully saturated rings. The van der Waals surface area contributed by atoms with E-state index in [9.17, 15) is 23.2 Å². The van der Waals surface area contributed by atoms with Crippen LogP contribution in [0.15, 0.2) is 23.1 Å². The number of aromatic nitrogens is 1. The maximum atomic E-state index is 13.7. The van der Waals surface area contributed by atoms with Gasteiger partial charge in [-0.05, 0) is 24.3 Å². The highest BCUT2D eigenvalue weighted by atomic mass is 19.3. The van der Waals surface area contributed by atoms with Crippen LogP contribution in [-0.4, -0.2) is 45.7 Å². The van der Waals surface area contributed by atoms with Crippen molar-refractivity contribution in [1.29, 1.82) is 0 Å². The highest BCUT2D eigenvalue weighted by molar-refractivity contribution is 6.02. The Bertz CT molecular complexity index is 763. The molecule has 1 saturated heterocycles. The van der Waals surface area contributed by atoms with Gasteiger partial charge >= 0.3 is 6.03 Å². The minimum absolute atomic E-state index is 0.0327. The highest BCUT2D eigenvalue weighted by Gasteiger charge is 2.67. The molecule has 3 aliphatic rings. The summed E-state index contributed by atoms with van der Waals surface area (Å²) < 4.78 is 27.3. The van der Waals surface area contributed by atoms with Crippen LogP contribution in [0.3, 0.4) is 0 Å². The second-order valence-corrected chi connectivity index (χ2v) is 6.82. The van der Waals surface area contributed by atoms with Crippen molar-refractivity contribution in [3.63, 3.8) is 0 Å². The number of hydrogen-bond donors (Lipinski definition) is 1. The van der Waals surface area contributed by atoms with Crippen LogP contribution < -0.4 is 5.56 Å². The van der Waals surface area contributed by atoms with Gasteiger partial charge in [0.15, 0.2) is 0 Å². The molecular formula is C16H17F2N3O3. The van der Waals surface area contributed by atoms with E-state index >= 15 is 0 Å². The second kappa shape index (κ2) is 5.12. The number of halogens is 2. The number of rotatable bonds is 4. The van der Waals surface area contributed by atoms with Crippen molar-refractivity contribution in [2.75, 3.05) is 13.1 Å². The monoisotopic (exact) mass is 337 g/mol. The Kier molecular flexibility index (Phi) is 3.26. The first kappa shape index (κ1) is 15.3. The van der Waals surface area contributed by atoms with Gasteiger partial charge in [-0.15, -0.1) is 0 Å². The highest BCUT2D eigenvalue weighted by Crippen LogP contribution is 2.64. The molecule has 1 aromatic rings. The van der Waals surface area contributed by atoms with E-state index < -0.39 is 17.9 Å². The molecule has 2 heterocycles. The van der Waals surface area contributed by atoms with Crippen molar-refractivity contribution in [3.8, 4) is 0 Å². The molecule has 128 valence electrons. The lowest BCUT2D eigenvalue weighted by Gasteiger charge is -2.19. The molecule has 3 amide bonds. The van der Waals surface area contributed by atoms with E-state index in [1.165, 1.54) is 11.1 Å². The third-order valence-corrected chi connectivity index (χ3v) is 5.41. The van der Waals surface area contributed by atoms with E-state index in [4.69, 9.17) is 0 Å². The Labute approximate surface area is 136 Å². The number of nitrogens with one attached hydrogen (secondary N) is 1. The summed E-state index contributed by atoms with van der Waals surface area (Å²) in [4.78, 5) is 41.1. The number of imide groups is 1. The average molecular weight is 337 g/mol. The number of amides is 3. The summed E-state index contributed by atoms with van der Waals surface area (Å²) in [6.07, 6.45) is 1.85. The number of alkyl halides is 2. The van der Waals surface area contributed by atoms with Gasteiger partial charge in [0.05, 0.1) is 6.54 Å². The van der Waals surface area contributed by atoms with E-state index in [0.29, 0.717) is 12.0 Å². The molecule has 6 nitrogen and oxygen atoms in total. The van der Waals surface area contributed by atoms with Gasteiger partial charge in [-0.3, -0.25) is 14.5 Å². The van der Waals surface area contributed by atoms with Crippen molar-refractivity contribution in [2.24, 2.45) is 17.8 Å². The fourth-order valence-corrected chi connectivity index (χ4v) is 4.13. The number of aromatic amines is 1. The van der Waals surface area contributed by atoms with Gasteiger partial charge in [0.1, 0.15) is 6.54 Å². The number of pyridine rings is 1. The Hall–Kier alpha value is -2.25. The van der Waals surface area contributed by atoms with Crippen LogP contribution in [-0.2, 0) is 11.3 Å². The van der Waals surface area contributed by atoms with Crippen molar-refractivity contribution >= 4 is 11.9 Å². The minimum Gasteiger partial charge on any atom is -0.329 e. The van der Waals surface area contributed by atoms with Gasteiger partial charge in [0, 0.05) is 30.6 Å². The minimum atomic E-state index is -2.67. The average Bonchev–Trinajstić information content (AvgIpc) is 3.06. The molecular weight excluding hydrogens is 320 g/mol. The Balaban J connectivity index is 1.43. The number of carbonyl (C=O) groups excluding carboxylic acids is 2. The van der Waals surface area contributed by atoms with Crippen LogP contribution >= 0.6 is 0 Å². The second-order valence-electron chi connectivity index (χ2n) is 6.82. The van der Waals surface area contributed by atoms with E-state index in [2.05, 4.69) is 4.98 Å². The molecule has 2 saturated carbocycles. The maximum absolute atomic E-state index is 13.7. The number of urea groups is 1. The molecule has 0 bridgehead atoms. The van der Waals surface area contributed by atoms with Gasteiger partial charge in [-0.25, -0.2) is 13.6 Å². The standard InChI is InChI=1S/C16H17F2N3O3/c17-16(18)4-3-10-11(13(10)16)7-21-12(22)8-20(15(21)24)6-9-2-1-5-19-14(9)23/h1-2,5,10-11,13H,3-4,6-8H2,(H,19,23). The van der Waals surface area contributed by atoms with Crippen LogP contribution in [0.5, 0.6) is 0 Å². The number of carbonyl (C=O) groups is 2. The zero-order valence-electron chi connectivity index (χ0n) is 12.9. The largest absolute Gasteiger partial charge is 0.329 e. The predicted octanol–water partition coefficient (Wildman–Crippen LogP) is 1.43. The van der Waals surface area contributed by atoms with Crippen LogP contribution in [0.2, 0.25) is 0 Å². The predicted molar refractivity (Wildman–Crippen MR) is 79.2 cm³/mol. The fraction of sp³-hybridized carbons (Fsp3) is 0.562. The summed E-state index contributed by atoms with van der Waals surface area (Å²) in [7, 11) is 0. The van der Waals surface area contributed by atoms with E-state index in [0.717, 1.165) is 4.90 Å². The lowest BCUT2D eigenvalue weighted by molar-refractivity contribution is -0.125. The maximum Gasteiger partial charge on any atom is 0.327 e. The summed E-state index contributed by atoms with van der Waals surface area (Å²) in [5.74, 6) is -4.11. The summed E-state index contributed by atoms with van der Waals surface area (Å²) in [5, 5.41) is 0. The zero-order chi connectivity index (χ0) is 17.1. The van der Waals surface area contributed by atoms with Crippen molar-refractivity contribution < 1.29 is 18.4 Å². The van der Waals surface area contributed by atoms with E-state index in [1.807, 2.05) is 0 Å². The van der Waals surface area contributed by atoms with E-state index in [1.54, 1.807) is 12.1 Å². The van der Waals surface area contributed by atoms with Crippen LogP contribution in [0.25, 0.3) is 0 Å². The van der Waals surface area contributed by atoms with Crippen LogP contribution in [0.4, 0.5) is 13.6 Å². The normalized spacial score (nSPS) is 30.8. The fourth-order valence-electron chi connectivity index (χ4n) is 4.13. The Morgan fingerprint density at radius 2 is 2.08 bits per heavy atom. The molecule has 0 radical (unpaired) electrons. The zero-order valence-corrected chi connectivity index (χ0v) is 12.9. The molecule has 0 spiro atoms. The Morgan fingerprint density at radius 3 is 2.75 bits per heavy atom. The molecule has 1 aliphatic heterocycles. The number of fused-ring (bicyclic) bond motifs is 1. The van der Waals surface area contributed by atoms with Crippen molar-refractivity contribution in [3.05, 3.63) is 34.2 Å². The van der Waals surface area contributed by atoms with E-state index in [-0.39, 0.29) is 49.4 Å². The lowest BCUT2D eigenvalue weighted by atomic mass is 10.1. The summed E-state index contributed by atoms with van der Waals surface area (Å²) in [6.45, 7) is -0.0270. The number of nitrogens with zero attached hydrogens (tertiary/aromatic N) is 2. The molecule has 3 atom stereocenters. The van der Waals surface area contributed by atoms with Crippen molar-refractivity contribution in [2.45, 2.75) is 25.3 Å².